The largest absolute Gasteiger partial charge is 0.309 e. The number of rotatable bonds is 10. The summed E-state index contributed by atoms with van der Waals surface area (Å²) in [6.45, 7) is 27.2. The molecular formula is C68H70ClN3. The van der Waals surface area contributed by atoms with Crippen LogP contribution in [0.15, 0.2) is 206 Å². The molecule has 364 valence electrons. The van der Waals surface area contributed by atoms with E-state index in [-0.39, 0.29) is 21.7 Å². The lowest BCUT2D eigenvalue weighted by atomic mass is 9.86. The fraction of sp³-hybridized carbons (Fsp3) is 0.235. The standard InChI is InChI=1S/C68H70ClN3/c1-65(2,3)49-28-36-54(37-29-49)70(55-38-30-50(31-39-55)66(4,5)6)61-45-58(72(53-24-17-14-18-25-53)64-59-26-20-19-23-48(59)27-44-60(64)47-21-15-13-16-22-47)46-62(63(61)69)71(56-40-32-51(33-41-56)67(7,8)9)57-42-34-52(35-43-57)68(10,11)12/h13-46H,1-12H3. The Labute approximate surface area is 435 Å². The van der Waals surface area contributed by atoms with Crippen molar-refractivity contribution in [3.63, 3.8) is 0 Å². The molecule has 0 spiro atoms. The first kappa shape index (κ1) is 49.9. The molecule has 72 heavy (non-hydrogen) atoms. The Hall–Kier alpha value is -7.07. The van der Waals surface area contributed by atoms with E-state index in [1.165, 1.54) is 22.3 Å². The molecule has 0 saturated heterocycles. The third kappa shape index (κ3) is 10.3. The summed E-state index contributed by atoms with van der Waals surface area (Å²) in [4.78, 5) is 7.14. The van der Waals surface area contributed by atoms with Gasteiger partial charge in [0.1, 0.15) is 0 Å². The van der Waals surface area contributed by atoms with Gasteiger partial charge >= 0.3 is 0 Å². The topological polar surface area (TPSA) is 9.72 Å². The minimum absolute atomic E-state index is 0.0286. The zero-order valence-electron chi connectivity index (χ0n) is 44.3. The highest BCUT2D eigenvalue weighted by atomic mass is 35.5. The van der Waals surface area contributed by atoms with Crippen molar-refractivity contribution in [1.82, 2.24) is 0 Å². The zero-order chi connectivity index (χ0) is 51.2. The number of para-hydroxylation sites is 1. The Morgan fingerprint density at radius 2 is 0.639 bits per heavy atom. The predicted octanol–water partition coefficient (Wildman–Crippen LogP) is 20.8. The zero-order valence-corrected chi connectivity index (χ0v) is 45.1. The van der Waals surface area contributed by atoms with E-state index in [0.29, 0.717) is 5.02 Å². The van der Waals surface area contributed by atoms with Gasteiger partial charge in [-0.25, -0.2) is 0 Å². The molecule has 0 atom stereocenters. The Balaban J connectivity index is 1.42. The van der Waals surface area contributed by atoms with Gasteiger partial charge in [-0.15, -0.1) is 0 Å². The van der Waals surface area contributed by atoms with Crippen LogP contribution >= 0.6 is 11.6 Å². The van der Waals surface area contributed by atoms with Crippen molar-refractivity contribution >= 4 is 73.6 Å². The summed E-state index contributed by atoms with van der Waals surface area (Å²) in [6.07, 6.45) is 0. The second kappa shape index (κ2) is 19.5. The fourth-order valence-electron chi connectivity index (χ4n) is 9.66. The van der Waals surface area contributed by atoms with E-state index < -0.39 is 0 Å². The Morgan fingerprint density at radius 3 is 1.01 bits per heavy atom. The quantitative estimate of drug-likeness (QED) is 0.135. The summed E-state index contributed by atoms with van der Waals surface area (Å²) in [5.74, 6) is 0. The summed E-state index contributed by atoms with van der Waals surface area (Å²) in [6, 6.07) is 75.6. The maximum absolute atomic E-state index is 8.30. The maximum atomic E-state index is 8.30. The smallest absolute Gasteiger partial charge is 0.0888 e. The lowest BCUT2D eigenvalue weighted by Gasteiger charge is -2.35. The number of benzene rings is 9. The number of hydrogen-bond acceptors (Lipinski definition) is 3. The van der Waals surface area contributed by atoms with Crippen LogP contribution in [0, 0.1) is 0 Å². The molecule has 0 aliphatic heterocycles. The lowest BCUT2D eigenvalue weighted by molar-refractivity contribution is 0.590. The van der Waals surface area contributed by atoms with Crippen molar-refractivity contribution in [2.24, 2.45) is 0 Å². The molecule has 3 nitrogen and oxygen atoms in total. The van der Waals surface area contributed by atoms with Gasteiger partial charge in [-0.3, -0.25) is 0 Å². The number of hydrogen-bond donors (Lipinski definition) is 0. The van der Waals surface area contributed by atoms with E-state index in [2.05, 4.69) is 304 Å². The molecule has 0 aromatic heterocycles. The van der Waals surface area contributed by atoms with Gasteiger partial charge < -0.3 is 14.7 Å². The number of halogens is 1. The molecule has 0 unspecified atom stereocenters. The second-order valence-electron chi connectivity index (χ2n) is 23.4. The molecule has 0 saturated carbocycles. The van der Waals surface area contributed by atoms with Gasteiger partial charge in [0.15, 0.2) is 0 Å². The van der Waals surface area contributed by atoms with Crippen LogP contribution in [0.3, 0.4) is 0 Å². The summed E-state index contributed by atoms with van der Waals surface area (Å²) in [7, 11) is 0. The van der Waals surface area contributed by atoms with Gasteiger partial charge in [0.25, 0.3) is 0 Å². The predicted molar refractivity (Wildman–Crippen MR) is 313 cm³/mol. The first-order valence-electron chi connectivity index (χ1n) is 25.5. The van der Waals surface area contributed by atoms with E-state index in [1.807, 2.05) is 0 Å². The highest BCUT2D eigenvalue weighted by Gasteiger charge is 2.29. The highest BCUT2D eigenvalue weighted by molar-refractivity contribution is 6.37. The van der Waals surface area contributed by atoms with Gasteiger partial charge in [-0.05, 0) is 128 Å². The summed E-state index contributed by atoms with van der Waals surface area (Å²) < 4.78 is 0. The Bertz CT molecular complexity index is 3040. The van der Waals surface area contributed by atoms with Crippen molar-refractivity contribution < 1.29 is 0 Å². The van der Waals surface area contributed by atoms with Gasteiger partial charge in [0.2, 0.25) is 0 Å². The number of anilines is 9. The van der Waals surface area contributed by atoms with Gasteiger partial charge in [0.05, 0.1) is 27.8 Å². The van der Waals surface area contributed by atoms with Gasteiger partial charge in [0, 0.05) is 39.4 Å². The summed E-state index contributed by atoms with van der Waals surface area (Å²) in [5, 5.41) is 2.91. The summed E-state index contributed by atoms with van der Waals surface area (Å²) in [5.41, 5.74) is 16.0. The van der Waals surface area contributed by atoms with E-state index in [1.54, 1.807) is 0 Å². The lowest BCUT2D eigenvalue weighted by Crippen LogP contribution is -2.19. The van der Waals surface area contributed by atoms with Crippen molar-refractivity contribution in [2.45, 2.75) is 105 Å². The third-order valence-electron chi connectivity index (χ3n) is 13.9. The van der Waals surface area contributed by atoms with Crippen LogP contribution in [0.5, 0.6) is 0 Å². The molecule has 9 aromatic carbocycles. The first-order chi connectivity index (χ1) is 34.2. The van der Waals surface area contributed by atoms with Crippen LogP contribution in [0.1, 0.15) is 105 Å². The minimum atomic E-state index is -0.0286. The van der Waals surface area contributed by atoms with Crippen LogP contribution in [0.2, 0.25) is 5.02 Å². The molecule has 9 rings (SSSR count). The molecule has 0 bridgehead atoms. The van der Waals surface area contributed by atoms with Crippen molar-refractivity contribution in [1.29, 1.82) is 0 Å². The SMILES string of the molecule is CC(C)(C)c1ccc(N(c2ccc(C(C)(C)C)cc2)c2cc(N(c3ccccc3)c3c(-c4ccccc4)ccc4ccccc34)cc(N(c3ccc(C(C)(C)C)cc3)c3ccc(C(C)(C)C)cc3)c2Cl)cc1. The first-order valence-corrected chi connectivity index (χ1v) is 25.8. The average molecular weight is 965 g/mol. The minimum Gasteiger partial charge on any atom is -0.309 e. The molecule has 0 aliphatic carbocycles. The molecular weight excluding hydrogens is 894 g/mol. The molecule has 0 fully saturated rings. The van der Waals surface area contributed by atoms with Crippen LogP contribution in [0.25, 0.3) is 21.9 Å². The fourth-order valence-corrected chi connectivity index (χ4v) is 9.94. The maximum Gasteiger partial charge on any atom is 0.0888 e. The average Bonchev–Trinajstić information content (AvgIpc) is 3.35. The van der Waals surface area contributed by atoms with Crippen LogP contribution in [0.4, 0.5) is 51.2 Å². The normalized spacial score (nSPS) is 12.2. The van der Waals surface area contributed by atoms with Crippen molar-refractivity contribution in [2.75, 3.05) is 14.7 Å². The molecule has 0 aliphatic rings. The highest BCUT2D eigenvalue weighted by Crippen LogP contribution is 2.53. The summed E-state index contributed by atoms with van der Waals surface area (Å²) >= 11 is 8.30. The third-order valence-corrected chi connectivity index (χ3v) is 14.3. The molecule has 9 aromatic rings. The second-order valence-corrected chi connectivity index (χ2v) is 23.8. The Kier molecular flexibility index (Phi) is 13.5. The molecule has 0 radical (unpaired) electrons. The van der Waals surface area contributed by atoms with Crippen molar-refractivity contribution in [3.05, 3.63) is 234 Å². The number of fused-ring (bicyclic) bond motifs is 1. The molecule has 0 heterocycles. The Morgan fingerprint density at radius 1 is 0.306 bits per heavy atom. The molecule has 4 heteroatoms. The van der Waals surface area contributed by atoms with Gasteiger partial charge in [-0.2, -0.15) is 0 Å². The van der Waals surface area contributed by atoms with Crippen LogP contribution < -0.4 is 14.7 Å². The van der Waals surface area contributed by atoms with E-state index >= 15 is 0 Å². The molecule has 0 N–H and O–H groups in total. The van der Waals surface area contributed by atoms with Crippen molar-refractivity contribution in [3.8, 4) is 11.1 Å². The van der Waals surface area contributed by atoms with Crippen LogP contribution in [-0.2, 0) is 21.7 Å². The molecule has 0 amide bonds. The monoisotopic (exact) mass is 964 g/mol. The van der Waals surface area contributed by atoms with Crippen LogP contribution in [-0.4, -0.2) is 0 Å². The van der Waals surface area contributed by atoms with E-state index in [0.717, 1.165) is 73.1 Å². The number of nitrogens with zero attached hydrogens (tertiary/aromatic N) is 3. The van der Waals surface area contributed by atoms with Gasteiger partial charge in [-0.1, -0.05) is 228 Å². The van der Waals surface area contributed by atoms with E-state index in [4.69, 9.17) is 11.6 Å². The van der Waals surface area contributed by atoms with E-state index in [9.17, 15) is 0 Å².